The summed E-state index contributed by atoms with van der Waals surface area (Å²) in [4.78, 5) is 4.49. The molecule has 0 unspecified atom stereocenters. The first-order valence-corrected chi connectivity index (χ1v) is 7.88. The van der Waals surface area contributed by atoms with Crippen LogP contribution in [-0.2, 0) is 13.7 Å². The number of aryl methyl sites for hydroxylation is 1. The average molecular weight is 358 g/mol. The van der Waals surface area contributed by atoms with Crippen LogP contribution in [0.15, 0.2) is 49.1 Å². The van der Waals surface area contributed by atoms with Crippen molar-refractivity contribution in [1.82, 2.24) is 24.4 Å². The number of halogens is 2. The van der Waals surface area contributed by atoms with E-state index in [1.165, 1.54) is 18.2 Å². The number of nitrogens with zero attached hydrogens (tertiary/aromatic N) is 5. The number of fused-ring (bicyclic) bond motifs is 1. The summed E-state index contributed by atoms with van der Waals surface area (Å²) in [6, 6.07) is 5.85. The van der Waals surface area contributed by atoms with Gasteiger partial charge in [0.25, 0.3) is 0 Å². The Morgan fingerprint density at radius 2 is 2.08 bits per heavy atom. The molecule has 3 aromatic heterocycles. The second kappa shape index (κ2) is 6.18. The molecule has 0 saturated heterocycles. The van der Waals surface area contributed by atoms with Gasteiger partial charge < -0.3 is 4.74 Å². The molecule has 6 nitrogen and oxygen atoms in total. The van der Waals surface area contributed by atoms with Gasteiger partial charge in [-0.25, -0.2) is 8.91 Å². The predicted molar refractivity (Wildman–Crippen MR) is 90.9 cm³/mol. The molecular formula is C17H13ClFN5O. The maximum Gasteiger partial charge on any atom is 0.217 e. The SMILES string of the molecule is Cn1cc(-c2cnn3ccc(OCc4cc(F)ccc4Cl)nc23)cn1. The van der Waals surface area contributed by atoms with Crippen molar-refractivity contribution in [2.45, 2.75) is 6.61 Å². The molecule has 0 radical (unpaired) electrons. The zero-order valence-electron chi connectivity index (χ0n) is 13.2. The van der Waals surface area contributed by atoms with Crippen LogP contribution in [0.2, 0.25) is 5.02 Å². The van der Waals surface area contributed by atoms with Crippen LogP contribution in [0, 0.1) is 5.82 Å². The summed E-state index contributed by atoms with van der Waals surface area (Å²) in [6.45, 7) is 0.121. The largest absolute Gasteiger partial charge is 0.473 e. The molecule has 0 amide bonds. The minimum absolute atomic E-state index is 0.121. The highest BCUT2D eigenvalue weighted by atomic mass is 35.5. The van der Waals surface area contributed by atoms with Crippen LogP contribution in [0.3, 0.4) is 0 Å². The zero-order chi connectivity index (χ0) is 17.4. The molecule has 3 heterocycles. The normalized spacial score (nSPS) is 11.2. The Morgan fingerprint density at radius 3 is 2.88 bits per heavy atom. The molecule has 0 spiro atoms. The fourth-order valence-electron chi connectivity index (χ4n) is 2.50. The summed E-state index contributed by atoms with van der Waals surface area (Å²) < 4.78 is 22.4. The molecule has 4 rings (SSSR count). The zero-order valence-corrected chi connectivity index (χ0v) is 14.0. The van der Waals surface area contributed by atoms with Gasteiger partial charge in [-0.3, -0.25) is 4.68 Å². The van der Waals surface area contributed by atoms with E-state index in [2.05, 4.69) is 15.2 Å². The van der Waals surface area contributed by atoms with E-state index in [0.29, 0.717) is 22.1 Å². The van der Waals surface area contributed by atoms with Gasteiger partial charge in [0.05, 0.1) is 12.4 Å². The van der Waals surface area contributed by atoms with Crippen LogP contribution < -0.4 is 4.74 Å². The number of benzene rings is 1. The smallest absolute Gasteiger partial charge is 0.217 e. The summed E-state index contributed by atoms with van der Waals surface area (Å²) in [6.07, 6.45) is 7.12. The van der Waals surface area contributed by atoms with Crippen molar-refractivity contribution in [2.75, 3.05) is 0 Å². The molecule has 4 aromatic rings. The maximum absolute atomic E-state index is 13.3. The monoisotopic (exact) mass is 357 g/mol. The number of hydrogen-bond acceptors (Lipinski definition) is 4. The predicted octanol–water partition coefficient (Wildman–Crippen LogP) is 3.50. The topological polar surface area (TPSA) is 57.2 Å². The van der Waals surface area contributed by atoms with E-state index in [1.807, 2.05) is 13.2 Å². The molecule has 0 bridgehead atoms. The van der Waals surface area contributed by atoms with Crippen molar-refractivity contribution in [3.05, 3.63) is 65.5 Å². The van der Waals surface area contributed by atoms with Crippen molar-refractivity contribution >= 4 is 17.2 Å². The molecule has 0 aliphatic carbocycles. The molecule has 8 heteroatoms. The Labute approximate surface area is 147 Å². The van der Waals surface area contributed by atoms with E-state index in [1.54, 1.807) is 33.9 Å². The lowest BCUT2D eigenvalue weighted by Crippen LogP contribution is -2.00. The minimum Gasteiger partial charge on any atom is -0.473 e. The Balaban J connectivity index is 1.63. The van der Waals surface area contributed by atoms with Crippen molar-refractivity contribution < 1.29 is 9.13 Å². The van der Waals surface area contributed by atoms with E-state index in [9.17, 15) is 4.39 Å². The lowest BCUT2D eigenvalue weighted by atomic mass is 10.2. The van der Waals surface area contributed by atoms with Crippen LogP contribution >= 0.6 is 11.6 Å². The van der Waals surface area contributed by atoms with Crippen LogP contribution in [0.1, 0.15) is 5.56 Å². The van der Waals surface area contributed by atoms with Crippen LogP contribution in [0.5, 0.6) is 5.88 Å². The first kappa shape index (κ1) is 15.6. The standard InChI is InChI=1S/C17H13ClFN5O/c1-23-9-12(7-20-23)14-8-21-24-5-4-16(22-17(14)24)25-10-11-6-13(19)2-3-15(11)18/h2-9H,10H2,1H3. The summed E-state index contributed by atoms with van der Waals surface area (Å²) in [5, 5.41) is 8.89. The van der Waals surface area contributed by atoms with E-state index in [-0.39, 0.29) is 12.4 Å². The maximum atomic E-state index is 13.3. The lowest BCUT2D eigenvalue weighted by molar-refractivity contribution is 0.293. The molecule has 0 fully saturated rings. The summed E-state index contributed by atoms with van der Waals surface area (Å²) >= 11 is 6.06. The highest BCUT2D eigenvalue weighted by Gasteiger charge is 2.11. The number of aromatic nitrogens is 5. The number of hydrogen-bond donors (Lipinski definition) is 0. The molecule has 25 heavy (non-hydrogen) atoms. The third kappa shape index (κ3) is 3.06. The van der Waals surface area contributed by atoms with Crippen molar-refractivity contribution in [3.63, 3.8) is 0 Å². The Kier molecular flexibility index (Phi) is 3.85. The molecule has 0 aliphatic rings. The summed E-state index contributed by atoms with van der Waals surface area (Å²) in [5.41, 5.74) is 2.97. The average Bonchev–Trinajstić information content (AvgIpc) is 3.21. The van der Waals surface area contributed by atoms with Crippen LogP contribution in [0.4, 0.5) is 4.39 Å². The molecule has 126 valence electrons. The highest BCUT2D eigenvalue weighted by molar-refractivity contribution is 6.31. The molecule has 1 aromatic carbocycles. The Morgan fingerprint density at radius 1 is 1.20 bits per heavy atom. The molecule has 0 saturated carbocycles. The number of rotatable bonds is 4. The fraction of sp³-hybridized carbons (Fsp3) is 0.118. The third-order valence-corrected chi connectivity index (χ3v) is 4.11. The minimum atomic E-state index is -0.360. The van der Waals surface area contributed by atoms with Gasteiger partial charge in [-0.1, -0.05) is 11.6 Å². The van der Waals surface area contributed by atoms with Crippen LogP contribution in [-0.4, -0.2) is 24.4 Å². The fourth-order valence-corrected chi connectivity index (χ4v) is 2.67. The van der Waals surface area contributed by atoms with Gasteiger partial charge in [-0.2, -0.15) is 15.2 Å². The first-order valence-electron chi connectivity index (χ1n) is 7.50. The van der Waals surface area contributed by atoms with E-state index >= 15 is 0 Å². The van der Waals surface area contributed by atoms with E-state index in [0.717, 1.165) is 11.1 Å². The van der Waals surface area contributed by atoms with Gasteiger partial charge in [0, 0.05) is 47.2 Å². The van der Waals surface area contributed by atoms with Crippen molar-refractivity contribution in [3.8, 4) is 17.0 Å². The van der Waals surface area contributed by atoms with Gasteiger partial charge in [0.1, 0.15) is 12.4 Å². The van der Waals surface area contributed by atoms with E-state index in [4.69, 9.17) is 16.3 Å². The second-order valence-electron chi connectivity index (χ2n) is 5.52. The van der Waals surface area contributed by atoms with Gasteiger partial charge in [-0.05, 0) is 18.2 Å². The van der Waals surface area contributed by atoms with Gasteiger partial charge in [-0.15, -0.1) is 0 Å². The quantitative estimate of drug-likeness (QED) is 0.561. The number of ether oxygens (including phenoxy) is 1. The van der Waals surface area contributed by atoms with Gasteiger partial charge >= 0.3 is 0 Å². The highest BCUT2D eigenvalue weighted by Crippen LogP contribution is 2.24. The lowest BCUT2D eigenvalue weighted by Gasteiger charge is -2.07. The molecule has 0 N–H and O–H groups in total. The second-order valence-corrected chi connectivity index (χ2v) is 5.93. The third-order valence-electron chi connectivity index (χ3n) is 3.74. The van der Waals surface area contributed by atoms with Crippen LogP contribution in [0.25, 0.3) is 16.8 Å². The molecule has 0 atom stereocenters. The first-order chi connectivity index (χ1) is 12.1. The van der Waals surface area contributed by atoms with Crippen molar-refractivity contribution in [1.29, 1.82) is 0 Å². The molecular weight excluding hydrogens is 345 g/mol. The summed E-state index contributed by atoms with van der Waals surface area (Å²) in [5.74, 6) is 0.0412. The van der Waals surface area contributed by atoms with Gasteiger partial charge in [0.2, 0.25) is 5.88 Å². The Hall–Kier alpha value is -2.93. The van der Waals surface area contributed by atoms with Crippen molar-refractivity contribution in [2.24, 2.45) is 7.05 Å². The summed E-state index contributed by atoms with van der Waals surface area (Å²) in [7, 11) is 1.85. The van der Waals surface area contributed by atoms with E-state index < -0.39 is 0 Å². The van der Waals surface area contributed by atoms with Gasteiger partial charge in [0.15, 0.2) is 5.65 Å². The Bertz CT molecular complexity index is 1060. The molecule has 0 aliphatic heterocycles.